The van der Waals surface area contributed by atoms with Crippen molar-refractivity contribution in [3.63, 3.8) is 0 Å². The monoisotopic (exact) mass is 298 g/mol. The van der Waals surface area contributed by atoms with Gasteiger partial charge in [-0.25, -0.2) is 4.99 Å². The lowest BCUT2D eigenvalue weighted by Crippen LogP contribution is -2.32. The summed E-state index contributed by atoms with van der Waals surface area (Å²) >= 11 is 6.22. The van der Waals surface area contributed by atoms with Crippen molar-refractivity contribution < 1.29 is 0 Å². The van der Waals surface area contributed by atoms with Gasteiger partial charge in [-0.2, -0.15) is 0 Å². The van der Waals surface area contributed by atoms with Crippen LogP contribution in [0.5, 0.6) is 0 Å². The Labute approximate surface area is 131 Å². The third-order valence-electron chi connectivity index (χ3n) is 3.25. The molecule has 0 radical (unpaired) electrons. The molecule has 21 heavy (non-hydrogen) atoms. The van der Waals surface area contributed by atoms with Gasteiger partial charge in [0.15, 0.2) is 0 Å². The average Bonchev–Trinajstić information content (AvgIpc) is 2.53. The van der Waals surface area contributed by atoms with Crippen molar-refractivity contribution in [1.82, 2.24) is 4.90 Å². The van der Waals surface area contributed by atoms with Gasteiger partial charge >= 0.3 is 0 Å². The largest absolute Gasteiger partial charge is 0.343 e. The summed E-state index contributed by atoms with van der Waals surface area (Å²) < 4.78 is 0. The highest BCUT2D eigenvalue weighted by Crippen LogP contribution is 2.17. The molecular formula is C18H19ClN2. The smallest absolute Gasteiger partial charge is 0.137 e. The van der Waals surface area contributed by atoms with E-state index in [9.17, 15) is 0 Å². The Balaban J connectivity index is 2.40. The van der Waals surface area contributed by atoms with Crippen molar-refractivity contribution in [2.24, 2.45) is 4.99 Å². The van der Waals surface area contributed by atoms with Gasteiger partial charge in [-0.05, 0) is 12.5 Å². The quantitative estimate of drug-likeness (QED) is 0.348. The van der Waals surface area contributed by atoms with E-state index in [0.29, 0.717) is 0 Å². The molecule has 1 atom stereocenters. The zero-order chi connectivity index (χ0) is 15.2. The first-order valence-electron chi connectivity index (χ1n) is 6.85. The second-order valence-electron chi connectivity index (χ2n) is 4.80. The van der Waals surface area contributed by atoms with Crippen molar-refractivity contribution in [3.8, 4) is 0 Å². The molecular weight excluding hydrogens is 280 g/mol. The van der Waals surface area contributed by atoms with Crippen LogP contribution in [0.15, 0.2) is 72.2 Å². The molecule has 2 nitrogen and oxygen atoms in total. The van der Waals surface area contributed by atoms with Gasteiger partial charge in [0.25, 0.3) is 0 Å². The Morgan fingerprint density at radius 1 is 1.00 bits per heavy atom. The lowest BCUT2D eigenvalue weighted by Gasteiger charge is -2.24. The highest BCUT2D eigenvalue weighted by molar-refractivity contribution is 6.21. The Morgan fingerprint density at radius 3 is 1.95 bits per heavy atom. The summed E-state index contributed by atoms with van der Waals surface area (Å²) in [7, 11) is 1.93. The lowest BCUT2D eigenvalue weighted by molar-refractivity contribution is 0.492. The molecule has 0 amide bonds. The molecule has 1 unspecified atom stereocenters. The van der Waals surface area contributed by atoms with Crippen LogP contribution in [0, 0.1) is 0 Å². The number of amidine groups is 1. The molecule has 2 aromatic rings. The third kappa shape index (κ3) is 3.96. The molecule has 0 N–H and O–H groups in total. The van der Waals surface area contributed by atoms with Crippen molar-refractivity contribution in [3.05, 3.63) is 78.4 Å². The summed E-state index contributed by atoms with van der Waals surface area (Å²) in [5.74, 6) is 0.812. The van der Waals surface area contributed by atoms with Crippen LogP contribution in [0.2, 0.25) is 0 Å². The first-order chi connectivity index (χ1) is 10.1. The number of rotatable bonds is 4. The second kappa shape index (κ2) is 7.09. The summed E-state index contributed by atoms with van der Waals surface area (Å²) in [6.07, 6.45) is 0. The molecule has 0 aliphatic heterocycles. The van der Waals surface area contributed by atoms with Crippen LogP contribution in [0.4, 0.5) is 0 Å². The van der Waals surface area contributed by atoms with Crippen LogP contribution in [-0.4, -0.2) is 23.3 Å². The number of halogens is 1. The fraction of sp³-hybridized carbons (Fsp3) is 0.167. The maximum atomic E-state index is 6.22. The predicted molar refractivity (Wildman–Crippen MR) is 91.5 cm³/mol. The Morgan fingerprint density at radius 2 is 1.48 bits per heavy atom. The standard InChI is InChI=1S/C18H19ClN2/c1-14(16-10-6-4-7-11-16)20-18(21(3)15(2)19)17-12-8-5-9-13-17/h4-13,15H,1H2,2-3H3. The molecule has 0 spiro atoms. The van der Waals surface area contributed by atoms with Gasteiger partial charge in [0.05, 0.1) is 5.70 Å². The van der Waals surface area contributed by atoms with Crippen LogP contribution in [0.25, 0.3) is 5.70 Å². The molecule has 0 aliphatic rings. The van der Waals surface area contributed by atoms with E-state index in [0.717, 1.165) is 22.7 Å². The molecule has 0 aliphatic carbocycles. The second-order valence-corrected chi connectivity index (χ2v) is 5.43. The van der Waals surface area contributed by atoms with E-state index in [1.54, 1.807) is 0 Å². The Kier molecular flexibility index (Phi) is 5.18. The molecule has 0 saturated heterocycles. The molecule has 0 aromatic heterocycles. The van der Waals surface area contributed by atoms with Crippen LogP contribution in [-0.2, 0) is 0 Å². The highest BCUT2D eigenvalue weighted by Gasteiger charge is 2.14. The van der Waals surface area contributed by atoms with Crippen molar-refractivity contribution in [1.29, 1.82) is 0 Å². The van der Waals surface area contributed by atoms with Gasteiger partial charge in [-0.15, -0.1) is 0 Å². The molecule has 0 heterocycles. The molecule has 3 heteroatoms. The molecule has 108 valence electrons. The van der Waals surface area contributed by atoms with Gasteiger partial charge in [-0.1, -0.05) is 78.8 Å². The third-order valence-corrected chi connectivity index (χ3v) is 3.54. The zero-order valence-corrected chi connectivity index (χ0v) is 13.1. The van der Waals surface area contributed by atoms with Crippen LogP contribution in [0.3, 0.4) is 0 Å². The van der Waals surface area contributed by atoms with E-state index >= 15 is 0 Å². The van der Waals surface area contributed by atoms with E-state index in [1.165, 1.54) is 0 Å². The normalized spacial score (nSPS) is 12.8. The molecule has 0 bridgehead atoms. The Hall–Kier alpha value is -2.06. The number of alkyl halides is 1. The molecule has 0 saturated carbocycles. The summed E-state index contributed by atoms with van der Waals surface area (Å²) in [4.78, 5) is 6.64. The number of hydrogen-bond acceptors (Lipinski definition) is 1. The van der Waals surface area contributed by atoms with Gasteiger partial charge in [-0.3, -0.25) is 0 Å². The van der Waals surface area contributed by atoms with Gasteiger partial charge in [0.2, 0.25) is 0 Å². The molecule has 0 fully saturated rings. The van der Waals surface area contributed by atoms with E-state index < -0.39 is 0 Å². The first-order valence-corrected chi connectivity index (χ1v) is 7.28. The van der Waals surface area contributed by atoms with E-state index in [-0.39, 0.29) is 5.50 Å². The Bertz CT molecular complexity index is 618. The number of hydrogen-bond donors (Lipinski definition) is 0. The summed E-state index contributed by atoms with van der Waals surface area (Å²) in [6.45, 7) is 6.00. The zero-order valence-electron chi connectivity index (χ0n) is 12.3. The lowest BCUT2D eigenvalue weighted by atomic mass is 10.1. The number of aliphatic imine (C=N–C) groups is 1. The maximum Gasteiger partial charge on any atom is 0.137 e. The van der Waals surface area contributed by atoms with Crippen molar-refractivity contribution in [2.45, 2.75) is 12.4 Å². The minimum Gasteiger partial charge on any atom is -0.343 e. The number of nitrogens with zero attached hydrogens (tertiary/aromatic N) is 2. The maximum absolute atomic E-state index is 6.22. The summed E-state index contributed by atoms with van der Waals surface area (Å²) in [6, 6.07) is 19.9. The highest BCUT2D eigenvalue weighted by atomic mass is 35.5. The van der Waals surface area contributed by atoms with Crippen LogP contribution >= 0.6 is 11.6 Å². The van der Waals surface area contributed by atoms with E-state index in [4.69, 9.17) is 16.6 Å². The SMILES string of the molecule is C=C(N=C(c1ccccc1)N(C)C(C)Cl)c1ccccc1. The fourth-order valence-corrected chi connectivity index (χ4v) is 2.02. The van der Waals surface area contributed by atoms with Gasteiger partial charge in [0, 0.05) is 12.6 Å². The molecule has 2 rings (SSSR count). The van der Waals surface area contributed by atoms with Crippen molar-refractivity contribution in [2.75, 3.05) is 7.05 Å². The first kappa shape index (κ1) is 15.3. The minimum absolute atomic E-state index is 0.160. The van der Waals surface area contributed by atoms with Crippen LogP contribution < -0.4 is 0 Å². The van der Waals surface area contributed by atoms with Crippen LogP contribution in [0.1, 0.15) is 18.1 Å². The molecule has 2 aromatic carbocycles. The van der Waals surface area contributed by atoms with Gasteiger partial charge in [0.1, 0.15) is 11.3 Å². The topological polar surface area (TPSA) is 15.6 Å². The van der Waals surface area contributed by atoms with E-state index in [1.807, 2.05) is 79.5 Å². The van der Waals surface area contributed by atoms with Crippen molar-refractivity contribution >= 4 is 23.1 Å². The summed E-state index contributed by atoms with van der Waals surface area (Å²) in [5.41, 5.74) is 2.58. The van der Waals surface area contributed by atoms with E-state index in [2.05, 4.69) is 6.58 Å². The predicted octanol–water partition coefficient (Wildman–Crippen LogP) is 4.62. The average molecular weight is 299 g/mol. The van der Waals surface area contributed by atoms with Gasteiger partial charge < -0.3 is 4.90 Å². The summed E-state index contributed by atoms with van der Waals surface area (Å²) in [5, 5.41) is 0. The minimum atomic E-state index is -0.160. The fourth-order valence-electron chi connectivity index (χ4n) is 1.93. The number of benzene rings is 2.